The lowest BCUT2D eigenvalue weighted by atomic mass is 9.90. The van der Waals surface area contributed by atoms with Crippen molar-refractivity contribution in [1.82, 2.24) is 0 Å². The first-order chi connectivity index (χ1) is 15.3. The van der Waals surface area contributed by atoms with Gasteiger partial charge in [-0.2, -0.15) is 0 Å². The van der Waals surface area contributed by atoms with E-state index in [4.69, 9.17) is 9.47 Å². The number of para-hydroxylation sites is 2. The Labute approximate surface area is 194 Å². The molecule has 176 valence electrons. The summed E-state index contributed by atoms with van der Waals surface area (Å²) in [5.41, 5.74) is 4.37. The molecule has 1 N–H and O–H groups in total. The molecule has 2 aromatic rings. The summed E-state index contributed by atoms with van der Waals surface area (Å²) in [6, 6.07) is 12.2. The molecule has 2 rings (SSSR count). The quantitative estimate of drug-likeness (QED) is 0.352. The zero-order valence-corrected chi connectivity index (χ0v) is 21.0. The van der Waals surface area contributed by atoms with Gasteiger partial charge in [0.1, 0.15) is 0 Å². The van der Waals surface area contributed by atoms with Crippen molar-refractivity contribution in [3.63, 3.8) is 0 Å². The highest BCUT2D eigenvalue weighted by atomic mass is 16.5. The van der Waals surface area contributed by atoms with Crippen LogP contribution >= 0.6 is 0 Å². The van der Waals surface area contributed by atoms with E-state index in [2.05, 4.69) is 58.1 Å². The number of anilines is 1. The molecule has 1 amide bonds. The zero-order chi connectivity index (χ0) is 23.7. The Morgan fingerprint density at radius 3 is 2.06 bits per heavy atom. The number of unbranched alkanes of at least 4 members (excludes halogenated alkanes) is 2. The van der Waals surface area contributed by atoms with Gasteiger partial charge in [-0.25, -0.2) is 0 Å². The molecule has 0 fully saturated rings. The molecule has 0 spiro atoms. The van der Waals surface area contributed by atoms with E-state index < -0.39 is 0 Å². The van der Waals surface area contributed by atoms with Crippen LogP contribution in [0.25, 0.3) is 0 Å². The Bertz CT molecular complexity index is 847. The molecular formula is C28H41NO3. The third kappa shape index (κ3) is 6.51. The van der Waals surface area contributed by atoms with Crippen LogP contribution in [0.5, 0.6) is 11.5 Å². The SMILES string of the molecule is CCCCCC(Cc1cccc(OC)c1OC)C(=O)Nc1c(C(C)C)cccc1C(C)C. The van der Waals surface area contributed by atoms with Gasteiger partial charge < -0.3 is 14.8 Å². The van der Waals surface area contributed by atoms with E-state index in [1.165, 1.54) is 11.1 Å². The van der Waals surface area contributed by atoms with E-state index in [0.717, 1.165) is 36.9 Å². The number of amides is 1. The van der Waals surface area contributed by atoms with Gasteiger partial charge in [-0.15, -0.1) is 0 Å². The maximum atomic E-state index is 13.6. The van der Waals surface area contributed by atoms with Crippen LogP contribution in [0.15, 0.2) is 36.4 Å². The van der Waals surface area contributed by atoms with Crippen molar-refractivity contribution in [2.24, 2.45) is 5.92 Å². The third-order valence-electron chi connectivity index (χ3n) is 6.10. The average molecular weight is 440 g/mol. The van der Waals surface area contributed by atoms with Crippen molar-refractivity contribution < 1.29 is 14.3 Å². The van der Waals surface area contributed by atoms with Crippen molar-refractivity contribution in [3.05, 3.63) is 53.1 Å². The van der Waals surface area contributed by atoms with Crippen LogP contribution < -0.4 is 14.8 Å². The summed E-state index contributed by atoms with van der Waals surface area (Å²) < 4.78 is 11.1. The number of benzene rings is 2. The van der Waals surface area contributed by atoms with E-state index in [9.17, 15) is 4.79 Å². The molecule has 4 nitrogen and oxygen atoms in total. The summed E-state index contributed by atoms with van der Waals surface area (Å²) >= 11 is 0. The Morgan fingerprint density at radius 1 is 0.906 bits per heavy atom. The fourth-order valence-electron chi connectivity index (χ4n) is 4.27. The van der Waals surface area contributed by atoms with Gasteiger partial charge >= 0.3 is 0 Å². The molecule has 0 heterocycles. The Kier molecular flexibility index (Phi) is 10.1. The van der Waals surface area contributed by atoms with E-state index in [1.54, 1.807) is 14.2 Å². The normalized spacial score (nSPS) is 12.2. The van der Waals surface area contributed by atoms with Gasteiger partial charge in [-0.1, -0.05) is 84.2 Å². The zero-order valence-electron chi connectivity index (χ0n) is 21.0. The summed E-state index contributed by atoms with van der Waals surface area (Å²) in [5, 5.41) is 3.34. The molecule has 0 saturated heterocycles. The Morgan fingerprint density at radius 2 is 1.53 bits per heavy atom. The van der Waals surface area contributed by atoms with Gasteiger partial charge in [0, 0.05) is 11.6 Å². The van der Waals surface area contributed by atoms with E-state index in [0.29, 0.717) is 29.8 Å². The van der Waals surface area contributed by atoms with Gasteiger partial charge in [0.2, 0.25) is 5.91 Å². The largest absolute Gasteiger partial charge is 0.493 e. The predicted octanol–water partition coefficient (Wildman–Crippen LogP) is 7.33. The van der Waals surface area contributed by atoms with Crippen molar-refractivity contribution in [3.8, 4) is 11.5 Å². The molecule has 0 aromatic heterocycles. The molecule has 0 aliphatic heterocycles. The molecule has 0 aliphatic rings. The van der Waals surface area contributed by atoms with Gasteiger partial charge in [0.05, 0.1) is 14.2 Å². The third-order valence-corrected chi connectivity index (χ3v) is 6.10. The highest BCUT2D eigenvalue weighted by Crippen LogP contribution is 2.35. The summed E-state index contributed by atoms with van der Waals surface area (Å²) in [4.78, 5) is 13.6. The Hall–Kier alpha value is -2.49. The number of hydrogen-bond acceptors (Lipinski definition) is 3. The second kappa shape index (κ2) is 12.5. The number of rotatable bonds is 12. The van der Waals surface area contributed by atoms with Crippen LogP contribution in [0.3, 0.4) is 0 Å². The van der Waals surface area contributed by atoms with Gasteiger partial charge in [0.25, 0.3) is 0 Å². The van der Waals surface area contributed by atoms with Crippen LogP contribution in [-0.2, 0) is 11.2 Å². The van der Waals surface area contributed by atoms with Crippen LogP contribution in [0.4, 0.5) is 5.69 Å². The second-order valence-electron chi connectivity index (χ2n) is 9.16. The van der Waals surface area contributed by atoms with E-state index in [-0.39, 0.29) is 11.8 Å². The minimum absolute atomic E-state index is 0.0842. The minimum atomic E-state index is -0.136. The number of hydrogen-bond donors (Lipinski definition) is 1. The number of ether oxygens (including phenoxy) is 2. The lowest BCUT2D eigenvalue weighted by Gasteiger charge is -2.24. The maximum Gasteiger partial charge on any atom is 0.227 e. The first-order valence-electron chi connectivity index (χ1n) is 12.0. The molecule has 0 saturated carbocycles. The molecule has 32 heavy (non-hydrogen) atoms. The summed E-state index contributed by atoms with van der Waals surface area (Å²) in [7, 11) is 3.30. The van der Waals surface area contributed by atoms with Crippen LogP contribution in [0, 0.1) is 5.92 Å². The Balaban J connectivity index is 2.38. The van der Waals surface area contributed by atoms with Crippen molar-refractivity contribution in [2.45, 2.75) is 78.6 Å². The highest BCUT2D eigenvalue weighted by Gasteiger charge is 2.24. The fraction of sp³-hybridized carbons (Fsp3) is 0.536. The lowest BCUT2D eigenvalue weighted by Crippen LogP contribution is -2.26. The molecule has 2 aromatic carbocycles. The molecule has 1 unspecified atom stereocenters. The number of carbonyl (C=O) groups is 1. The number of methoxy groups -OCH3 is 2. The molecule has 1 atom stereocenters. The monoisotopic (exact) mass is 439 g/mol. The van der Waals surface area contributed by atoms with E-state index >= 15 is 0 Å². The fourth-order valence-corrected chi connectivity index (χ4v) is 4.27. The van der Waals surface area contributed by atoms with Crippen LogP contribution in [-0.4, -0.2) is 20.1 Å². The molecule has 0 bridgehead atoms. The van der Waals surface area contributed by atoms with Gasteiger partial charge in [-0.3, -0.25) is 4.79 Å². The molecular weight excluding hydrogens is 398 g/mol. The first kappa shape index (κ1) is 25.8. The number of nitrogens with one attached hydrogen (secondary N) is 1. The van der Waals surface area contributed by atoms with Crippen LogP contribution in [0.1, 0.15) is 88.8 Å². The van der Waals surface area contributed by atoms with Crippen molar-refractivity contribution in [1.29, 1.82) is 0 Å². The minimum Gasteiger partial charge on any atom is -0.493 e. The average Bonchev–Trinajstić information content (AvgIpc) is 2.77. The van der Waals surface area contributed by atoms with Crippen molar-refractivity contribution >= 4 is 11.6 Å². The number of carbonyl (C=O) groups excluding carboxylic acids is 1. The lowest BCUT2D eigenvalue weighted by molar-refractivity contribution is -0.120. The van der Waals surface area contributed by atoms with Gasteiger partial charge in [0.15, 0.2) is 11.5 Å². The second-order valence-corrected chi connectivity index (χ2v) is 9.16. The van der Waals surface area contributed by atoms with Crippen LogP contribution in [0.2, 0.25) is 0 Å². The summed E-state index contributed by atoms with van der Waals surface area (Å²) in [6.45, 7) is 10.9. The summed E-state index contributed by atoms with van der Waals surface area (Å²) in [5.74, 6) is 2.03. The highest BCUT2D eigenvalue weighted by molar-refractivity contribution is 5.94. The van der Waals surface area contributed by atoms with Crippen molar-refractivity contribution in [2.75, 3.05) is 19.5 Å². The standard InChI is InChI=1S/C28H41NO3/c1-8-9-10-13-22(18-21-14-11-17-25(31-6)27(21)32-7)28(30)29-26-23(19(2)3)15-12-16-24(26)20(4)5/h11-12,14-17,19-20,22H,8-10,13,18H2,1-7H3,(H,29,30). The maximum absolute atomic E-state index is 13.6. The summed E-state index contributed by atoms with van der Waals surface area (Å²) in [6.07, 6.45) is 4.75. The smallest absolute Gasteiger partial charge is 0.227 e. The molecule has 0 aliphatic carbocycles. The first-order valence-corrected chi connectivity index (χ1v) is 12.0. The van der Waals surface area contributed by atoms with Gasteiger partial charge in [-0.05, 0) is 47.4 Å². The topological polar surface area (TPSA) is 47.6 Å². The van der Waals surface area contributed by atoms with E-state index in [1.807, 2.05) is 18.2 Å². The molecule has 0 radical (unpaired) electrons. The predicted molar refractivity (Wildman–Crippen MR) is 134 cm³/mol. The molecule has 4 heteroatoms.